The molecule has 0 saturated carbocycles. The van der Waals surface area contributed by atoms with Gasteiger partial charge in [-0.3, -0.25) is 0 Å². The lowest BCUT2D eigenvalue weighted by Crippen LogP contribution is -2.53. The van der Waals surface area contributed by atoms with Crippen LogP contribution in [0, 0.1) is 3.57 Å². The van der Waals surface area contributed by atoms with Gasteiger partial charge in [0, 0.05) is 5.56 Å². The molecule has 0 aliphatic rings. The van der Waals surface area contributed by atoms with Gasteiger partial charge in [0.15, 0.2) is 0 Å². The maximum absolute atomic E-state index is 12.6. The highest BCUT2D eigenvalue weighted by molar-refractivity contribution is 14.1. The molecule has 0 bridgehead atoms. The fourth-order valence-corrected chi connectivity index (χ4v) is 2.11. The van der Waals surface area contributed by atoms with E-state index >= 15 is 0 Å². The third kappa shape index (κ3) is 2.76. The van der Waals surface area contributed by atoms with Crippen molar-refractivity contribution in [3.05, 3.63) is 27.3 Å². The summed E-state index contributed by atoms with van der Waals surface area (Å²) in [6.07, 6.45) is -11.8. The van der Waals surface area contributed by atoms with Crippen molar-refractivity contribution in [1.29, 1.82) is 0 Å². The first kappa shape index (κ1) is 16.3. The Labute approximate surface area is 117 Å². The van der Waals surface area contributed by atoms with Gasteiger partial charge in [-0.05, 0) is 34.7 Å². The van der Waals surface area contributed by atoms with Gasteiger partial charge < -0.3 is 9.84 Å². The number of rotatable bonds is 2. The Kier molecular flexibility index (Phi) is 4.30. The lowest BCUT2D eigenvalue weighted by Gasteiger charge is -2.32. The molecule has 0 amide bonds. The van der Waals surface area contributed by atoms with E-state index in [0.717, 1.165) is 6.07 Å². The zero-order chi connectivity index (χ0) is 15.1. The summed E-state index contributed by atoms with van der Waals surface area (Å²) in [4.78, 5) is 0. The molecule has 1 aromatic carbocycles. The number of alkyl halides is 6. The molecule has 0 spiro atoms. The summed E-state index contributed by atoms with van der Waals surface area (Å²) >= 11 is 1.51. The van der Waals surface area contributed by atoms with E-state index in [2.05, 4.69) is 0 Å². The van der Waals surface area contributed by atoms with Crippen LogP contribution in [0.4, 0.5) is 26.3 Å². The van der Waals surface area contributed by atoms with Crippen LogP contribution in [0.15, 0.2) is 18.2 Å². The van der Waals surface area contributed by atoms with Crippen molar-refractivity contribution in [3.8, 4) is 5.75 Å². The quantitative estimate of drug-likeness (QED) is 0.608. The molecule has 0 radical (unpaired) electrons. The summed E-state index contributed by atoms with van der Waals surface area (Å²) in [5, 5.41) is 9.15. The fraction of sp³-hybridized carbons (Fsp3) is 0.400. The molecule has 0 aliphatic heterocycles. The van der Waals surface area contributed by atoms with Crippen molar-refractivity contribution in [2.24, 2.45) is 0 Å². The minimum atomic E-state index is -5.89. The van der Waals surface area contributed by atoms with E-state index in [4.69, 9.17) is 9.84 Å². The van der Waals surface area contributed by atoms with E-state index < -0.39 is 23.5 Å². The molecule has 0 unspecified atom stereocenters. The van der Waals surface area contributed by atoms with Crippen LogP contribution in [0.1, 0.15) is 5.56 Å². The third-order valence-corrected chi connectivity index (χ3v) is 3.23. The third-order valence-electron chi connectivity index (χ3n) is 2.39. The number of hydrogen-bond acceptors (Lipinski definition) is 2. The number of aliphatic hydroxyl groups is 1. The van der Waals surface area contributed by atoms with E-state index in [1.807, 2.05) is 0 Å². The number of ether oxygens (including phenoxy) is 1. The summed E-state index contributed by atoms with van der Waals surface area (Å²) in [5.41, 5.74) is -6.22. The van der Waals surface area contributed by atoms with Crippen molar-refractivity contribution in [2.75, 3.05) is 7.11 Å². The Morgan fingerprint density at radius 2 is 1.53 bits per heavy atom. The second-order valence-corrected chi connectivity index (χ2v) is 4.72. The van der Waals surface area contributed by atoms with Crippen molar-refractivity contribution in [1.82, 2.24) is 0 Å². The number of halogens is 7. The molecule has 0 saturated heterocycles. The van der Waals surface area contributed by atoms with Crippen LogP contribution in [0.5, 0.6) is 5.75 Å². The predicted molar refractivity (Wildman–Crippen MR) is 61.7 cm³/mol. The van der Waals surface area contributed by atoms with Crippen LogP contribution in [0.25, 0.3) is 0 Å². The Bertz CT molecular complexity index is 454. The van der Waals surface area contributed by atoms with Crippen LogP contribution in [0.3, 0.4) is 0 Å². The molecule has 19 heavy (non-hydrogen) atoms. The first-order valence-electron chi connectivity index (χ1n) is 4.65. The summed E-state index contributed by atoms with van der Waals surface area (Å²) in [7, 11) is 1.22. The second kappa shape index (κ2) is 5.00. The number of hydrogen-bond donors (Lipinski definition) is 1. The average Bonchev–Trinajstić information content (AvgIpc) is 2.24. The van der Waals surface area contributed by atoms with Gasteiger partial charge in [0.25, 0.3) is 5.60 Å². The summed E-state index contributed by atoms with van der Waals surface area (Å²) in [5.74, 6) is 0.107. The van der Waals surface area contributed by atoms with Crippen molar-refractivity contribution >= 4 is 22.6 Å². The van der Waals surface area contributed by atoms with E-state index in [1.54, 1.807) is 0 Å². The van der Waals surface area contributed by atoms with Crippen LogP contribution in [-0.4, -0.2) is 24.6 Å². The molecule has 0 atom stereocenters. The normalized spacial score (nSPS) is 13.5. The highest BCUT2D eigenvalue weighted by Gasteiger charge is 2.71. The molecule has 108 valence electrons. The van der Waals surface area contributed by atoms with Crippen LogP contribution < -0.4 is 4.74 Å². The Morgan fingerprint density at radius 3 is 1.84 bits per heavy atom. The highest BCUT2D eigenvalue weighted by Crippen LogP contribution is 2.50. The van der Waals surface area contributed by atoms with Gasteiger partial charge in [0.2, 0.25) is 0 Å². The molecule has 1 N–H and O–H groups in total. The molecular weight excluding hydrogens is 393 g/mol. The summed E-state index contributed by atoms with van der Waals surface area (Å²) in [6.45, 7) is 0. The van der Waals surface area contributed by atoms with E-state index in [-0.39, 0.29) is 9.32 Å². The van der Waals surface area contributed by atoms with Gasteiger partial charge in [-0.2, -0.15) is 26.3 Å². The SMILES string of the molecule is COc1ccc(C(O)(C(F)(F)F)C(F)(F)F)cc1I. The second-order valence-electron chi connectivity index (χ2n) is 3.56. The van der Waals surface area contributed by atoms with Crippen LogP contribution in [0.2, 0.25) is 0 Å². The Balaban J connectivity index is 3.48. The van der Waals surface area contributed by atoms with Crippen LogP contribution in [-0.2, 0) is 5.60 Å². The Hall–Kier alpha value is -0.710. The average molecular weight is 400 g/mol. The maximum Gasteiger partial charge on any atom is 0.430 e. The molecular formula is C10H7F6IO2. The van der Waals surface area contributed by atoms with Gasteiger partial charge in [-0.25, -0.2) is 0 Å². The standard InChI is InChI=1S/C10H7F6IO2/c1-19-7-3-2-5(4-6(7)17)8(18,9(11,12)13)10(14,15)16/h2-4,18H,1H3. The van der Waals surface area contributed by atoms with Crippen molar-refractivity contribution < 1.29 is 36.2 Å². The highest BCUT2D eigenvalue weighted by atomic mass is 127. The monoisotopic (exact) mass is 400 g/mol. The molecule has 0 heterocycles. The van der Waals surface area contributed by atoms with Crippen molar-refractivity contribution in [2.45, 2.75) is 18.0 Å². The molecule has 1 aromatic rings. The topological polar surface area (TPSA) is 29.5 Å². The zero-order valence-electron chi connectivity index (χ0n) is 9.23. The maximum atomic E-state index is 12.6. The molecule has 1 rings (SSSR count). The van der Waals surface area contributed by atoms with Gasteiger partial charge in [-0.15, -0.1) is 0 Å². The van der Waals surface area contributed by atoms with Crippen molar-refractivity contribution in [3.63, 3.8) is 0 Å². The zero-order valence-corrected chi connectivity index (χ0v) is 11.4. The number of methoxy groups -OCH3 is 1. The molecule has 9 heteroatoms. The first-order chi connectivity index (χ1) is 8.45. The van der Waals surface area contributed by atoms with E-state index in [9.17, 15) is 26.3 Å². The molecule has 0 fully saturated rings. The van der Waals surface area contributed by atoms with Crippen LogP contribution >= 0.6 is 22.6 Å². The van der Waals surface area contributed by atoms with Gasteiger partial charge in [0.05, 0.1) is 10.7 Å². The summed E-state index contributed by atoms with van der Waals surface area (Å²) in [6, 6.07) is 2.04. The minimum Gasteiger partial charge on any atom is -0.496 e. The Morgan fingerprint density at radius 1 is 1.05 bits per heavy atom. The number of benzene rings is 1. The lowest BCUT2D eigenvalue weighted by molar-refractivity contribution is -0.376. The molecule has 2 nitrogen and oxygen atoms in total. The predicted octanol–water partition coefficient (Wildman–Crippen LogP) is 3.61. The largest absolute Gasteiger partial charge is 0.496 e. The summed E-state index contributed by atoms with van der Waals surface area (Å²) < 4.78 is 80.3. The lowest BCUT2D eigenvalue weighted by atomic mass is 9.92. The first-order valence-corrected chi connectivity index (χ1v) is 5.73. The van der Waals surface area contributed by atoms with Gasteiger partial charge in [-0.1, -0.05) is 6.07 Å². The smallest absolute Gasteiger partial charge is 0.430 e. The molecule has 0 aromatic heterocycles. The minimum absolute atomic E-state index is 0.0181. The van der Waals surface area contributed by atoms with Gasteiger partial charge in [0.1, 0.15) is 5.75 Å². The fourth-order valence-electron chi connectivity index (χ4n) is 1.38. The van der Waals surface area contributed by atoms with E-state index in [0.29, 0.717) is 12.1 Å². The van der Waals surface area contributed by atoms with Gasteiger partial charge >= 0.3 is 12.4 Å². The van der Waals surface area contributed by atoms with E-state index in [1.165, 1.54) is 29.7 Å². The molecule has 0 aliphatic carbocycles.